The van der Waals surface area contributed by atoms with Gasteiger partial charge < -0.3 is 25.3 Å². The van der Waals surface area contributed by atoms with Gasteiger partial charge in [-0.05, 0) is 83.3 Å². The van der Waals surface area contributed by atoms with E-state index in [0.29, 0.717) is 40.0 Å². The Labute approximate surface area is 223 Å². The molecular weight excluding hydrogens is 494 g/mol. The minimum Gasteiger partial charge on any atom is -0.508 e. The van der Waals surface area contributed by atoms with Crippen LogP contribution in [-0.2, 0) is 11.2 Å². The van der Waals surface area contributed by atoms with E-state index < -0.39 is 0 Å². The van der Waals surface area contributed by atoms with Crippen LogP contribution in [0, 0.1) is 0 Å². The molecule has 0 aromatic heterocycles. The highest BCUT2D eigenvalue weighted by atomic mass is 16.3. The Morgan fingerprint density at radius 3 is 1.64 bits per heavy atom. The highest BCUT2D eigenvalue weighted by molar-refractivity contribution is 6.43. The number of hydrogen-bond donors (Lipinski definition) is 4. The molecule has 1 aliphatic heterocycles. The maximum atomic E-state index is 14.2. The molecule has 7 heteroatoms. The lowest BCUT2D eigenvalue weighted by atomic mass is 9.80. The molecule has 0 saturated carbocycles. The van der Waals surface area contributed by atoms with Gasteiger partial charge in [0.25, 0.3) is 5.91 Å². The van der Waals surface area contributed by atoms with Crippen LogP contribution in [0.15, 0.2) is 96.7 Å². The maximum absolute atomic E-state index is 14.2. The summed E-state index contributed by atoms with van der Waals surface area (Å²) in [7, 11) is 0. The largest absolute Gasteiger partial charge is 0.508 e. The summed E-state index contributed by atoms with van der Waals surface area (Å²) >= 11 is 0. The van der Waals surface area contributed by atoms with E-state index in [1.807, 2.05) is 0 Å². The molecule has 0 radical (unpaired) electrons. The Balaban J connectivity index is 1.61. The number of ketones is 1. The molecule has 192 valence electrons. The van der Waals surface area contributed by atoms with Gasteiger partial charge in [-0.25, -0.2) is 0 Å². The molecule has 2 aliphatic rings. The molecule has 0 atom stereocenters. The van der Waals surface area contributed by atoms with Crippen molar-refractivity contribution in [3.05, 3.63) is 125 Å². The number of rotatable bonds is 5. The Hall–Kier alpha value is -5.30. The molecule has 4 N–H and O–H groups in total. The Kier molecular flexibility index (Phi) is 5.69. The number of phenols is 4. The summed E-state index contributed by atoms with van der Waals surface area (Å²) in [5.74, 6) is -0.476. The van der Waals surface area contributed by atoms with Crippen molar-refractivity contribution in [1.29, 1.82) is 0 Å². The number of hydrogen-bond acceptors (Lipinski definition) is 6. The fraction of sp³-hybridized carbons (Fsp3) is 0.0625. The molecule has 0 saturated heterocycles. The van der Waals surface area contributed by atoms with Crippen LogP contribution in [0.1, 0.15) is 32.6 Å². The molecule has 0 spiro atoms. The highest BCUT2D eigenvalue weighted by Crippen LogP contribution is 2.50. The molecule has 0 bridgehead atoms. The maximum Gasteiger partial charge on any atom is 0.259 e. The predicted octanol–water partition coefficient (Wildman–Crippen LogP) is 5.11. The smallest absolute Gasteiger partial charge is 0.259 e. The van der Waals surface area contributed by atoms with Crippen LogP contribution in [0.4, 0.5) is 0 Å². The standard InChI is InChI=1S/C32H23NO6/c34-21-7-1-18(2-8-21)15-16-33-30-28(20-5-11-23(36)12-6-20)31(38)26-17-24(37)13-14-25(26)29(30)27(32(33)39)19-3-9-22(35)10-4-19/h1-14,17,34-37H,15-16H2. The summed E-state index contributed by atoms with van der Waals surface area (Å²) in [6, 6.07) is 23.8. The van der Waals surface area contributed by atoms with Crippen molar-refractivity contribution in [2.45, 2.75) is 6.42 Å². The van der Waals surface area contributed by atoms with E-state index in [0.717, 1.165) is 5.56 Å². The molecule has 0 fully saturated rings. The first-order chi connectivity index (χ1) is 18.8. The topological polar surface area (TPSA) is 118 Å². The molecule has 1 aliphatic carbocycles. The fourth-order valence-corrected chi connectivity index (χ4v) is 5.21. The van der Waals surface area contributed by atoms with Gasteiger partial charge in [0.05, 0.1) is 16.8 Å². The third kappa shape index (κ3) is 4.10. The van der Waals surface area contributed by atoms with Crippen molar-refractivity contribution in [2.75, 3.05) is 6.54 Å². The van der Waals surface area contributed by atoms with Crippen LogP contribution in [0.2, 0.25) is 0 Å². The van der Waals surface area contributed by atoms with Gasteiger partial charge in [0.1, 0.15) is 23.0 Å². The molecule has 7 nitrogen and oxygen atoms in total. The van der Waals surface area contributed by atoms with Crippen molar-refractivity contribution in [3.8, 4) is 23.0 Å². The number of amides is 1. The van der Waals surface area contributed by atoms with Crippen molar-refractivity contribution >= 4 is 28.4 Å². The van der Waals surface area contributed by atoms with E-state index >= 15 is 0 Å². The van der Waals surface area contributed by atoms with Crippen molar-refractivity contribution in [2.24, 2.45) is 0 Å². The van der Waals surface area contributed by atoms with Gasteiger partial charge in [0.2, 0.25) is 0 Å². The number of aromatic hydroxyl groups is 4. The number of allylic oxidation sites excluding steroid dienone is 2. The van der Waals surface area contributed by atoms with Crippen molar-refractivity contribution in [1.82, 2.24) is 4.90 Å². The predicted molar refractivity (Wildman–Crippen MR) is 146 cm³/mol. The summed E-state index contributed by atoms with van der Waals surface area (Å²) in [5.41, 5.74) is 4.48. The number of benzene rings is 4. The Bertz CT molecular complexity index is 1700. The number of carbonyl (C=O) groups excluding carboxylic acids is 2. The van der Waals surface area contributed by atoms with Crippen molar-refractivity contribution < 1.29 is 30.0 Å². The van der Waals surface area contributed by atoms with Gasteiger partial charge >= 0.3 is 0 Å². The third-order valence-electron chi connectivity index (χ3n) is 7.07. The summed E-state index contributed by atoms with van der Waals surface area (Å²) < 4.78 is 0. The zero-order valence-corrected chi connectivity index (χ0v) is 20.6. The summed E-state index contributed by atoms with van der Waals surface area (Å²) in [6.07, 6.45) is 0.463. The molecule has 4 aromatic rings. The lowest BCUT2D eigenvalue weighted by molar-refractivity contribution is -0.122. The van der Waals surface area contributed by atoms with E-state index in [9.17, 15) is 30.0 Å². The minimum absolute atomic E-state index is 0.0397. The van der Waals surface area contributed by atoms with E-state index in [1.165, 1.54) is 36.4 Å². The third-order valence-corrected chi connectivity index (χ3v) is 7.07. The molecule has 1 amide bonds. The van der Waals surface area contributed by atoms with Crippen LogP contribution in [0.3, 0.4) is 0 Å². The summed E-state index contributed by atoms with van der Waals surface area (Å²) in [6.45, 7) is 0.256. The Morgan fingerprint density at radius 1 is 0.538 bits per heavy atom. The Morgan fingerprint density at radius 2 is 1.05 bits per heavy atom. The molecule has 4 aromatic carbocycles. The number of fused-ring (bicyclic) bond motifs is 3. The van der Waals surface area contributed by atoms with Gasteiger partial charge in [-0.2, -0.15) is 0 Å². The van der Waals surface area contributed by atoms with Gasteiger partial charge in [-0.3, -0.25) is 9.59 Å². The molecular formula is C32H23NO6. The fourth-order valence-electron chi connectivity index (χ4n) is 5.21. The van der Waals surface area contributed by atoms with Crippen LogP contribution in [0.5, 0.6) is 23.0 Å². The minimum atomic E-state index is -0.347. The molecule has 39 heavy (non-hydrogen) atoms. The molecule has 6 rings (SSSR count). The molecule has 0 unspecified atom stereocenters. The van der Waals surface area contributed by atoms with Crippen LogP contribution in [0.25, 0.3) is 16.7 Å². The second-order valence-corrected chi connectivity index (χ2v) is 9.50. The van der Waals surface area contributed by atoms with Crippen LogP contribution >= 0.6 is 0 Å². The summed E-state index contributed by atoms with van der Waals surface area (Å²) in [4.78, 5) is 29.8. The lowest BCUT2D eigenvalue weighted by Crippen LogP contribution is -2.30. The molecule has 1 heterocycles. The normalized spacial score (nSPS) is 14.6. The highest BCUT2D eigenvalue weighted by Gasteiger charge is 2.44. The second kappa shape index (κ2) is 9.22. The second-order valence-electron chi connectivity index (χ2n) is 9.50. The first-order valence-corrected chi connectivity index (χ1v) is 12.4. The number of carbonyl (C=O) groups is 2. The SMILES string of the molecule is O=C1C(c2ccc(O)cc2)=C2C(=C(c3ccc(O)cc3)C(=O)N2CCc2ccc(O)cc2)c2ccc(O)cc21. The lowest BCUT2D eigenvalue weighted by Gasteiger charge is -2.28. The van der Waals surface area contributed by atoms with Crippen molar-refractivity contribution in [3.63, 3.8) is 0 Å². The van der Waals surface area contributed by atoms with Crippen LogP contribution < -0.4 is 0 Å². The van der Waals surface area contributed by atoms with Gasteiger partial charge in [0, 0.05) is 17.7 Å². The number of Topliss-reactive ketones (excluding diaryl/α,β-unsaturated/α-hetero) is 1. The number of phenolic OH excluding ortho intramolecular Hbond substituents is 4. The zero-order chi connectivity index (χ0) is 27.3. The zero-order valence-electron chi connectivity index (χ0n) is 20.6. The summed E-state index contributed by atoms with van der Waals surface area (Å²) in [5, 5.41) is 39.7. The van der Waals surface area contributed by atoms with E-state index in [4.69, 9.17) is 0 Å². The van der Waals surface area contributed by atoms with Gasteiger partial charge in [0.15, 0.2) is 5.78 Å². The quantitative estimate of drug-likeness (QED) is 0.292. The van der Waals surface area contributed by atoms with Gasteiger partial charge in [-0.1, -0.05) is 36.4 Å². The van der Waals surface area contributed by atoms with E-state index in [2.05, 4.69) is 0 Å². The van der Waals surface area contributed by atoms with E-state index in [1.54, 1.807) is 59.5 Å². The monoisotopic (exact) mass is 517 g/mol. The first-order valence-electron chi connectivity index (χ1n) is 12.4. The first kappa shape index (κ1) is 24.1. The average molecular weight is 518 g/mol. The van der Waals surface area contributed by atoms with E-state index in [-0.39, 0.29) is 52.4 Å². The number of nitrogens with zero attached hydrogens (tertiary/aromatic N) is 1. The average Bonchev–Trinajstić information content (AvgIpc) is 3.21. The van der Waals surface area contributed by atoms with Crippen LogP contribution in [-0.4, -0.2) is 43.6 Å². The van der Waals surface area contributed by atoms with Gasteiger partial charge in [-0.15, -0.1) is 0 Å².